The van der Waals surface area contributed by atoms with E-state index in [0.717, 1.165) is 19.6 Å². The molecule has 122 valence electrons. The predicted molar refractivity (Wildman–Crippen MR) is 87.5 cm³/mol. The maximum Gasteiger partial charge on any atom is 0.270 e. The van der Waals surface area contributed by atoms with E-state index in [1.807, 2.05) is 0 Å². The van der Waals surface area contributed by atoms with E-state index < -0.39 is 4.92 Å². The molecule has 0 radical (unpaired) electrons. The minimum Gasteiger partial charge on any atom is -0.377 e. The molecule has 7 nitrogen and oxygen atoms in total. The number of hydrogen-bond donors (Lipinski definition) is 1. The number of carbonyl (C=O) groups is 1. The Balaban J connectivity index is 2.86. The number of carbonyl (C=O) groups excluding carboxylic acids is 1. The lowest BCUT2D eigenvalue weighted by Gasteiger charge is -2.19. The normalized spacial score (nSPS) is 10.6. The molecule has 0 unspecified atom stereocenters. The van der Waals surface area contributed by atoms with Crippen molar-refractivity contribution < 1.29 is 9.72 Å². The van der Waals surface area contributed by atoms with E-state index in [0.29, 0.717) is 17.8 Å². The molecule has 7 heteroatoms. The van der Waals surface area contributed by atoms with Crippen LogP contribution in [0.15, 0.2) is 18.2 Å². The maximum atomic E-state index is 12.3. The Labute approximate surface area is 131 Å². The van der Waals surface area contributed by atoms with Gasteiger partial charge in [-0.05, 0) is 19.2 Å². The highest BCUT2D eigenvalue weighted by atomic mass is 16.6. The minimum absolute atomic E-state index is 0.0838. The lowest BCUT2D eigenvalue weighted by molar-refractivity contribution is -0.384. The summed E-state index contributed by atoms with van der Waals surface area (Å²) >= 11 is 0. The first-order valence-electron chi connectivity index (χ1n) is 7.37. The van der Waals surface area contributed by atoms with Gasteiger partial charge in [0, 0.05) is 45.0 Å². The molecule has 0 saturated heterocycles. The molecular weight excluding hydrogens is 284 g/mol. The van der Waals surface area contributed by atoms with Crippen molar-refractivity contribution in [2.75, 3.05) is 45.2 Å². The molecule has 0 bridgehead atoms. The van der Waals surface area contributed by atoms with Crippen LogP contribution in [0.25, 0.3) is 0 Å². The van der Waals surface area contributed by atoms with Crippen LogP contribution in [0.2, 0.25) is 0 Å². The molecule has 1 aromatic rings. The van der Waals surface area contributed by atoms with Gasteiger partial charge >= 0.3 is 0 Å². The summed E-state index contributed by atoms with van der Waals surface area (Å²) in [6, 6.07) is 4.32. The second-order valence-corrected chi connectivity index (χ2v) is 5.14. The molecule has 0 fully saturated rings. The van der Waals surface area contributed by atoms with E-state index in [2.05, 4.69) is 24.1 Å². The van der Waals surface area contributed by atoms with E-state index in [1.54, 1.807) is 25.1 Å². The van der Waals surface area contributed by atoms with Gasteiger partial charge in [0.05, 0.1) is 10.5 Å². The van der Waals surface area contributed by atoms with Gasteiger partial charge < -0.3 is 15.1 Å². The Morgan fingerprint density at radius 1 is 1.27 bits per heavy atom. The van der Waals surface area contributed by atoms with Crippen molar-refractivity contribution in [2.24, 2.45) is 0 Å². The average Bonchev–Trinajstić information content (AvgIpc) is 2.50. The van der Waals surface area contributed by atoms with Crippen LogP contribution in [0.1, 0.15) is 24.2 Å². The predicted octanol–water partition coefficient (Wildman–Crippen LogP) is 1.73. The molecule has 0 atom stereocenters. The van der Waals surface area contributed by atoms with Crippen LogP contribution in [0.4, 0.5) is 11.4 Å². The maximum absolute atomic E-state index is 12.3. The second-order valence-electron chi connectivity index (χ2n) is 5.14. The fourth-order valence-corrected chi connectivity index (χ4v) is 2.17. The Bertz CT molecular complexity index is 528. The van der Waals surface area contributed by atoms with Crippen LogP contribution in [0.3, 0.4) is 0 Å². The lowest BCUT2D eigenvalue weighted by Crippen LogP contribution is -2.35. The molecule has 1 rings (SSSR count). The molecule has 1 aromatic carbocycles. The number of likely N-dealkylation sites (N-methyl/N-ethyl adjacent to an activating group) is 1. The fourth-order valence-electron chi connectivity index (χ4n) is 2.17. The number of nitrogens with zero attached hydrogens (tertiary/aromatic N) is 3. The van der Waals surface area contributed by atoms with Gasteiger partial charge in [-0.1, -0.05) is 13.8 Å². The zero-order valence-electron chi connectivity index (χ0n) is 13.6. The Morgan fingerprint density at radius 3 is 2.41 bits per heavy atom. The van der Waals surface area contributed by atoms with Crippen molar-refractivity contribution in [3.63, 3.8) is 0 Å². The van der Waals surface area contributed by atoms with Crippen LogP contribution in [0, 0.1) is 10.1 Å². The van der Waals surface area contributed by atoms with Crippen LogP contribution in [0.5, 0.6) is 0 Å². The third-order valence-electron chi connectivity index (χ3n) is 3.53. The van der Waals surface area contributed by atoms with Crippen molar-refractivity contribution in [3.05, 3.63) is 33.9 Å². The second kappa shape index (κ2) is 8.33. The standard InChI is InChI=1S/C15H24N4O3/c1-5-18(6-2)10-9-16-15(20)13-11-12(19(21)22)7-8-14(13)17(3)4/h7-8,11H,5-6,9-10H2,1-4H3,(H,16,20). The third-order valence-corrected chi connectivity index (χ3v) is 3.53. The van der Waals surface area contributed by atoms with Crippen molar-refractivity contribution >= 4 is 17.3 Å². The van der Waals surface area contributed by atoms with E-state index in [-0.39, 0.29) is 11.6 Å². The summed E-state index contributed by atoms with van der Waals surface area (Å²) in [4.78, 5) is 26.7. The van der Waals surface area contributed by atoms with Crippen LogP contribution in [-0.2, 0) is 0 Å². The Kier molecular flexibility index (Phi) is 6.78. The number of amides is 1. The molecule has 0 aliphatic heterocycles. The quantitative estimate of drug-likeness (QED) is 0.584. The molecule has 0 aliphatic carbocycles. The Hall–Kier alpha value is -2.15. The first kappa shape index (κ1) is 17.9. The molecule has 1 N–H and O–H groups in total. The highest BCUT2D eigenvalue weighted by Crippen LogP contribution is 2.24. The molecule has 0 heterocycles. The third kappa shape index (κ3) is 4.70. The monoisotopic (exact) mass is 308 g/mol. The topological polar surface area (TPSA) is 78.7 Å². The first-order chi connectivity index (χ1) is 10.4. The summed E-state index contributed by atoms with van der Waals surface area (Å²) < 4.78 is 0. The summed E-state index contributed by atoms with van der Waals surface area (Å²) in [7, 11) is 3.60. The largest absolute Gasteiger partial charge is 0.377 e. The molecule has 22 heavy (non-hydrogen) atoms. The van der Waals surface area contributed by atoms with Crippen molar-refractivity contribution in [1.82, 2.24) is 10.2 Å². The molecule has 0 spiro atoms. The smallest absolute Gasteiger partial charge is 0.270 e. The van der Waals surface area contributed by atoms with Gasteiger partial charge in [-0.3, -0.25) is 14.9 Å². The number of non-ortho nitro benzene ring substituents is 1. The molecule has 1 amide bonds. The SMILES string of the molecule is CCN(CC)CCNC(=O)c1cc([N+](=O)[O-])ccc1N(C)C. The van der Waals surface area contributed by atoms with E-state index in [4.69, 9.17) is 0 Å². The van der Waals surface area contributed by atoms with Crippen LogP contribution >= 0.6 is 0 Å². The number of benzene rings is 1. The van der Waals surface area contributed by atoms with Crippen LogP contribution < -0.4 is 10.2 Å². The number of nitro groups is 1. The van der Waals surface area contributed by atoms with Crippen molar-refractivity contribution in [3.8, 4) is 0 Å². The molecule has 0 aliphatic rings. The summed E-state index contributed by atoms with van der Waals surface area (Å²) in [5, 5.41) is 13.7. The minimum atomic E-state index is -0.494. The molecule has 0 aromatic heterocycles. The number of hydrogen-bond acceptors (Lipinski definition) is 5. The zero-order valence-corrected chi connectivity index (χ0v) is 13.6. The van der Waals surface area contributed by atoms with Gasteiger partial charge in [0.1, 0.15) is 0 Å². The highest BCUT2D eigenvalue weighted by molar-refractivity contribution is 6.00. The van der Waals surface area contributed by atoms with Crippen LogP contribution in [-0.4, -0.2) is 56.0 Å². The Morgan fingerprint density at radius 2 is 1.91 bits per heavy atom. The van der Waals surface area contributed by atoms with Gasteiger partial charge in [0.25, 0.3) is 11.6 Å². The molecule has 0 saturated carbocycles. The number of nitro benzene ring substituents is 1. The summed E-state index contributed by atoms with van der Waals surface area (Å²) in [6.07, 6.45) is 0. The zero-order chi connectivity index (χ0) is 16.7. The summed E-state index contributed by atoms with van der Waals surface area (Å²) in [5.41, 5.74) is 0.893. The number of nitrogens with one attached hydrogen (secondary N) is 1. The van der Waals surface area contributed by atoms with Gasteiger partial charge in [-0.15, -0.1) is 0 Å². The van der Waals surface area contributed by atoms with Gasteiger partial charge in [-0.25, -0.2) is 0 Å². The average molecular weight is 308 g/mol. The number of anilines is 1. The highest BCUT2D eigenvalue weighted by Gasteiger charge is 2.17. The van der Waals surface area contributed by atoms with Gasteiger partial charge in [0.2, 0.25) is 0 Å². The van der Waals surface area contributed by atoms with Gasteiger partial charge in [0.15, 0.2) is 0 Å². The fraction of sp³-hybridized carbons (Fsp3) is 0.533. The first-order valence-corrected chi connectivity index (χ1v) is 7.37. The van der Waals surface area contributed by atoms with Gasteiger partial charge in [-0.2, -0.15) is 0 Å². The summed E-state index contributed by atoms with van der Waals surface area (Å²) in [6.45, 7) is 7.24. The summed E-state index contributed by atoms with van der Waals surface area (Å²) in [5.74, 6) is -0.292. The number of rotatable bonds is 8. The molecular formula is C15H24N4O3. The lowest BCUT2D eigenvalue weighted by atomic mass is 10.1. The van der Waals surface area contributed by atoms with Crippen molar-refractivity contribution in [1.29, 1.82) is 0 Å². The van der Waals surface area contributed by atoms with E-state index in [9.17, 15) is 14.9 Å². The van der Waals surface area contributed by atoms with E-state index >= 15 is 0 Å². The van der Waals surface area contributed by atoms with Crippen molar-refractivity contribution in [2.45, 2.75) is 13.8 Å². The van der Waals surface area contributed by atoms with E-state index in [1.165, 1.54) is 12.1 Å².